The molecule has 0 bridgehead atoms. The Morgan fingerprint density at radius 2 is 1.45 bits per heavy atom. The Bertz CT molecular complexity index is 890. The summed E-state index contributed by atoms with van der Waals surface area (Å²) < 4.78 is 11.1. The van der Waals surface area contributed by atoms with Crippen molar-refractivity contribution in [1.82, 2.24) is 14.7 Å². The average molecular weight is 452 g/mol. The van der Waals surface area contributed by atoms with E-state index in [2.05, 4.69) is 47.9 Å². The normalized spacial score (nSPS) is 22.7. The van der Waals surface area contributed by atoms with Crippen LogP contribution in [0.2, 0.25) is 0 Å². The van der Waals surface area contributed by atoms with Gasteiger partial charge in [-0.15, -0.1) is 0 Å². The second-order valence-corrected chi connectivity index (χ2v) is 9.42. The minimum atomic E-state index is 0.140. The maximum absolute atomic E-state index is 13.1. The van der Waals surface area contributed by atoms with Crippen molar-refractivity contribution in [3.05, 3.63) is 65.2 Å². The van der Waals surface area contributed by atoms with Crippen LogP contribution in [0.15, 0.2) is 48.5 Å². The van der Waals surface area contributed by atoms with Gasteiger partial charge < -0.3 is 14.4 Å². The van der Waals surface area contributed by atoms with Gasteiger partial charge >= 0.3 is 0 Å². The largest absolute Gasteiger partial charge is 0.497 e. The van der Waals surface area contributed by atoms with Gasteiger partial charge in [0.05, 0.1) is 19.3 Å². The molecule has 2 aliphatic heterocycles. The third-order valence-corrected chi connectivity index (χ3v) is 6.54. The molecule has 2 unspecified atom stereocenters. The zero-order valence-electron chi connectivity index (χ0n) is 20.2. The Hall–Kier alpha value is -2.41. The molecule has 0 saturated carbocycles. The number of amides is 1. The van der Waals surface area contributed by atoms with Gasteiger partial charge in [-0.25, -0.2) is 0 Å². The van der Waals surface area contributed by atoms with E-state index in [9.17, 15) is 4.79 Å². The van der Waals surface area contributed by atoms with Crippen LogP contribution in [-0.4, -0.2) is 79.2 Å². The Kier molecular flexibility index (Phi) is 8.02. The van der Waals surface area contributed by atoms with Crippen LogP contribution in [0.25, 0.3) is 0 Å². The van der Waals surface area contributed by atoms with E-state index in [1.165, 1.54) is 11.1 Å². The van der Waals surface area contributed by atoms with E-state index >= 15 is 0 Å². The third-order valence-electron chi connectivity index (χ3n) is 6.54. The van der Waals surface area contributed by atoms with E-state index in [1.54, 1.807) is 7.11 Å². The molecular formula is C27H37N3O3. The fourth-order valence-corrected chi connectivity index (χ4v) is 4.93. The van der Waals surface area contributed by atoms with Crippen molar-refractivity contribution in [3.8, 4) is 5.75 Å². The van der Waals surface area contributed by atoms with Crippen LogP contribution in [0.4, 0.5) is 0 Å². The molecule has 0 N–H and O–H groups in total. The topological polar surface area (TPSA) is 45.2 Å². The molecule has 178 valence electrons. The highest BCUT2D eigenvalue weighted by Gasteiger charge is 2.23. The lowest BCUT2D eigenvalue weighted by Gasteiger charge is -2.35. The zero-order chi connectivity index (χ0) is 23.2. The van der Waals surface area contributed by atoms with Crippen LogP contribution in [0.3, 0.4) is 0 Å². The zero-order valence-corrected chi connectivity index (χ0v) is 20.2. The summed E-state index contributed by atoms with van der Waals surface area (Å²) in [7, 11) is 1.69. The SMILES string of the molecule is COc1ccc(CN2CCCN(C(=O)c3ccc(CN4CC(C)OC(C)C4)cc3)CC2)cc1. The van der Waals surface area contributed by atoms with Crippen LogP contribution in [-0.2, 0) is 17.8 Å². The Labute approximate surface area is 198 Å². The first-order valence-electron chi connectivity index (χ1n) is 12.1. The minimum absolute atomic E-state index is 0.140. The number of nitrogens with zero attached hydrogens (tertiary/aromatic N) is 3. The van der Waals surface area contributed by atoms with Crippen LogP contribution >= 0.6 is 0 Å². The summed E-state index contributed by atoms with van der Waals surface area (Å²) in [4.78, 5) is 20.0. The van der Waals surface area contributed by atoms with Gasteiger partial charge in [-0.05, 0) is 55.7 Å². The molecular weight excluding hydrogens is 414 g/mol. The molecule has 2 fully saturated rings. The second-order valence-electron chi connectivity index (χ2n) is 9.42. The first kappa shape index (κ1) is 23.7. The predicted octanol–water partition coefficient (Wildman–Crippen LogP) is 3.65. The Morgan fingerprint density at radius 3 is 2.09 bits per heavy atom. The molecule has 4 rings (SSSR count). The first-order chi connectivity index (χ1) is 16.0. The monoisotopic (exact) mass is 451 g/mol. The quantitative estimate of drug-likeness (QED) is 0.671. The molecule has 2 atom stereocenters. The number of hydrogen-bond acceptors (Lipinski definition) is 5. The van der Waals surface area contributed by atoms with Gasteiger partial charge in [0.2, 0.25) is 0 Å². The van der Waals surface area contributed by atoms with E-state index in [-0.39, 0.29) is 18.1 Å². The fraction of sp³-hybridized carbons (Fsp3) is 0.519. The molecule has 6 nitrogen and oxygen atoms in total. The van der Waals surface area contributed by atoms with Crippen molar-refractivity contribution in [2.45, 2.75) is 45.6 Å². The van der Waals surface area contributed by atoms with Crippen molar-refractivity contribution in [2.24, 2.45) is 0 Å². The lowest BCUT2D eigenvalue weighted by Crippen LogP contribution is -2.44. The van der Waals surface area contributed by atoms with Crippen molar-refractivity contribution in [1.29, 1.82) is 0 Å². The molecule has 1 amide bonds. The molecule has 0 aromatic heterocycles. The first-order valence-corrected chi connectivity index (χ1v) is 12.1. The predicted molar refractivity (Wildman–Crippen MR) is 131 cm³/mol. The highest BCUT2D eigenvalue weighted by Crippen LogP contribution is 2.17. The lowest BCUT2D eigenvalue weighted by molar-refractivity contribution is -0.0704. The molecule has 0 aliphatic carbocycles. The molecule has 2 aromatic rings. The summed E-state index contributed by atoms with van der Waals surface area (Å²) >= 11 is 0. The van der Waals surface area contributed by atoms with Gasteiger partial charge in [-0.1, -0.05) is 24.3 Å². The Balaban J connectivity index is 1.29. The number of methoxy groups -OCH3 is 1. The van der Waals surface area contributed by atoms with Crippen molar-refractivity contribution < 1.29 is 14.3 Å². The van der Waals surface area contributed by atoms with Crippen LogP contribution in [0.5, 0.6) is 5.75 Å². The molecule has 0 radical (unpaired) electrons. The maximum atomic E-state index is 13.1. The van der Waals surface area contributed by atoms with Gasteiger partial charge in [0, 0.05) is 57.9 Å². The molecule has 0 spiro atoms. The van der Waals surface area contributed by atoms with E-state index in [1.807, 2.05) is 29.2 Å². The summed E-state index contributed by atoms with van der Waals surface area (Å²) in [5, 5.41) is 0. The highest BCUT2D eigenvalue weighted by molar-refractivity contribution is 5.94. The van der Waals surface area contributed by atoms with E-state index < -0.39 is 0 Å². The van der Waals surface area contributed by atoms with Crippen LogP contribution in [0, 0.1) is 0 Å². The third kappa shape index (κ3) is 6.56. The highest BCUT2D eigenvalue weighted by atomic mass is 16.5. The number of carbonyl (C=O) groups excluding carboxylic acids is 1. The molecule has 33 heavy (non-hydrogen) atoms. The number of carbonyl (C=O) groups is 1. The summed E-state index contributed by atoms with van der Waals surface area (Å²) in [6.45, 7) is 11.4. The van der Waals surface area contributed by atoms with Crippen LogP contribution < -0.4 is 4.74 Å². The van der Waals surface area contributed by atoms with Crippen molar-refractivity contribution in [2.75, 3.05) is 46.4 Å². The number of rotatable bonds is 6. The van der Waals surface area contributed by atoms with Gasteiger partial charge in [-0.3, -0.25) is 14.6 Å². The van der Waals surface area contributed by atoms with Gasteiger partial charge in [0.1, 0.15) is 5.75 Å². The summed E-state index contributed by atoms with van der Waals surface area (Å²) in [5.41, 5.74) is 3.30. The molecule has 2 aromatic carbocycles. The van der Waals surface area contributed by atoms with Crippen LogP contribution in [0.1, 0.15) is 41.8 Å². The smallest absolute Gasteiger partial charge is 0.253 e. The molecule has 2 aliphatic rings. The summed E-state index contributed by atoms with van der Waals surface area (Å²) in [5.74, 6) is 1.02. The second kappa shape index (κ2) is 11.1. The standard InChI is InChI=1S/C27H37N3O3/c1-21-17-29(18-22(2)33-21)20-23-5-9-25(10-6-23)27(31)30-14-4-13-28(15-16-30)19-24-7-11-26(32-3)12-8-24/h5-12,21-22H,4,13-20H2,1-3H3. The fourth-order valence-electron chi connectivity index (χ4n) is 4.93. The summed E-state index contributed by atoms with van der Waals surface area (Å²) in [6.07, 6.45) is 1.52. The van der Waals surface area contributed by atoms with E-state index in [4.69, 9.17) is 9.47 Å². The van der Waals surface area contributed by atoms with Gasteiger partial charge in [-0.2, -0.15) is 0 Å². The molecule has 6 heteroatoms. The number of morpholine rings is 1. The van der Waals surface area contributed by atoms with E-state index in [0.717, 1.165) is 70.1 Å². The van der Waals surface area contributed by atoms with Gasteiger partial charge in [0.15, 0.2) is 0 Å². The van der Waals surface area contributed by atoms with E-state index in [0.29, 0.717) is 0 Å². The van der Waals surface area contributed by atoms with Crippen molar-refractivity contribution in [3.63, 3.8) is 0 Å². The minimum Gasteiger partial charge on any atom is -0.497 e. The number of hydrogen-bond donors (Lipinski definition) is 0. The maximum Gasteiger partial charge on any atom is 0.253 e. The number of ether oxygens (including phenoxy) is 2. The lowest BCUT2D eigenvalue weighted by atomic mass is 10.1. The molecule has 2 heterocycles. The summed E-state index contributed by atoms with van der Waals surface area (Å²) in [6, 6.07) is 16.4. The Morgan fingerprint density at radius 1 is 0.848 bits per heavy atom. The van der Waals surface area contributed by atoms with Crippen molar-refractivity contribution >= 4 is 5.91 Å². The molecule has 2 saturated heterocycles. The van der Waals surface area contributed by atoms with Gasteiger partial charge in [0.25, 0.3) is 5.91 Å². The average Bonchev–Trinajstić information content (AvgIpc) is 3.04. The number of benzene rings is 2.